The Hall–Kier alpha value is -2.19. The van der Waals surface area contributed by atoms with E-state index in [1.807, 2.05) is 0 Å². The predicted molar refractivity (Wildman–Crippen MR) is 97.0 cm³/mol. The van der Waals surface area contributed by atoms with E-state index in [1.54, 1.807) is 36.2 Å². The number of piperidine rings is 1. The number of anilines is 1. The van der Waals surface area contributed by atoms with E-state index in [4.69, 9.17) is 0 Å². The molecule has 1 saturated heterocycles. The molecule has 0 aliphatic carbocycles. The zero-order valence-electron chi connectivity index (χ0n) is 14.4. The van der Waals surface area contributed by atoms with Crippen LogP contribution in [0.5, 0.6) is 0 Å². The normalized spacial score (nSPS) is 15.7. The highest BCUT2D eigenvalue weighted by Crippen LogP contribution is 2.20. The lowest BCUT2D eigenvalue weighted by Gasteiger charge is -2.31. The number of rotatable bonds is 5. The molecule has 0 aromatic heterocycles. The first kappa shape index (κ1) is 19.1. The molecule has 0 spiro atoms. The van der Waals surface area contributed by atoms with Crippen molar-refractivity contribution < 1.29 is 18.0 Å². The highest BCUT2D eigenvalue weighted by molar-refractivity contribution is 7.90. The fourth-order valence-corrected chi connectivity index (χ4v) is 3.97. The van der Waals surface area contributed by atoms with Crippen LogP contribution in [0.1, 0.15) is 23.2 Å². The van der Waals surface area contributed by atoms with Gasteiger partial charge in [-0.2, -0.15) is 0 Å². The third kappa shape index (κ3) is 4.26. The number of likely N-dealkylation sites (N-methyl/N-ethyl adjacent to an activating group) is 1. The van der Waals surface area contributed by atoms with Crippen molar-refractivity contribution in [3.05, 3.63) is 42.5 Å². The number of carbonyl (C=O) groups is 2. The Balaban J connectivity index is 2.02. The van der Waals surface area contributed by atoms with Crippen molar-refractivity contribution in [2.24, 2.45) is 0 Å². The molecule has 1 aliphatic rings. The number of sulfonamides is 1. The lowest BCUT2D eigenvalue weighted by Crippen LogP contribution is -2.44. The second-order valence-corrected chi connectivity index (χ2v) is 8.05. The van der Waals surface area contributed by atoms with Gasteiger partial charge in [-0.15, -0.1) is 0 Å². The van der Waals surface area contributed by atoms with Crippen LogP contribution in [-0.4, -0.2) is 57.6 Å². The van der Waals surface area contributed by atoms with Crippen LogP contribution in [0.4, 0.5) is 5.69 Å². The average molecular weight is 365 g/mol. The molecule has 25 heavy (non-hydrogen) atoms. The molecule has 2 amide bonds. The van der Waals surface area contributed by atoms with Crippen molar-refractivity contribution in [1.82, 2.24) is 9.62 Å². The van der Waals surface area contributed by atoms with Crippen molar-refractivity contribution in [2.75, 3.05) is 32.1 Å². The molecule has 0 unspecified atom stereocenters. The Morgan fingerprint density at radius 3 is 2.28 bits per heavy atom. The molecule has 0 saturated carbocycles. The zero-order chi connectivity index (χ0) is 18.6. The maximum Gasteiger partial charge on any atom is 0.253 e. The first-order valence-corrected chi connectivity index (χ1v) is 9.56. The molecule has 2 rings (SSSR count). The second kappa shape index (κ2) is 7.79. The van der Waals surface area contributed by atoms with E-state index < -0.39 is 15.3 Å². The topological polar surface area (TPSA) is 86.8 Å². The first-order chi connectivity index (χ1) is 11.8. The smallest absolute Gasteiger partial charge is 0.253 e. The molecule has 0 atom stereocenters. The number of amides is 2. The van der Waals surface area contributed by atoms with Crippen LogP contribution >= 0.6 is 0 Å². The van der Waals surface area contributed by atoms with Gasteiger partial charge in [0.15, 0.2) is 0 Å². The maximum absolute atomic E-state index is 12.6. The molecule has 0 radical (unpaired) electrons. The Labute approximate surface area is 148 Å². The summed E-state index contributed by atoms with van der Waals surface area (Å²) in [4.78, 5) is 27.3. The van der Waals surface area contributed by atoms with Gasteiger partial charge in [-0.1, -0.05) is 6.58 Å². The summed E-state index contributed by atoms with van der Waals surface area (Å²) >= 11 is 0. The molecule has 1 heterocycles. The standard InChI is InChI=1S/C17H23N3O4S/c1-4-16(21)19(3)14-7-5-13(6-8-14)17(22)20-11-9-15(10-12-20)25(23,24)18-2/h4-8,15,18H,1,9-12H2,2-3H3. The van der Waals surface area contributed by atoms with E-state index in [2.05, 4.69) is 11.3 Å². The quantitative estimate of drug-likeness (QED) is 0.789. The first-order valence-electron chi connectivity index (χ1n) is 8.02. The van der Waals surface area contributed by atoms with Crippen LogP contribution in [0.3, 0.4) is 0 Å². The molecule has 8 heteroatoms. The second-order valence-electron chi connectivity index (χ2n) is 5.89. The lowest BCUT2D eigenvalue weighted by atomic mass is 10.1. The monoisotopic (exact) mass is 365 g/mol. The minimum atomic E-state index is -3.29. The Morgan fingerprint density at radius 2 is 1.80 bits per heavy atom. The Bertz CT molecular complexity index is 751. The van der Waals surface area contributed by atoms with Gasteiger partial charge in [-0.05, 0) is 50.2 Å². The fourth-order valence-electron chi connectivity index (χ4n) is 2.81. The van der Waals surface area contributed by atoms with Gasteiger partial charge in [0, 0.05) is 31.4 Å². The highest BCUT2D eigenvalue weighted by atomic mass is 32.2. The molecular weight excluding hydrogens is 342 g/mol. The Morgan fingerprint density at radius 1 is 1.24 bits per heavy atom. The Kier molecular flexibility index (Phi) is 5.97. The molecule has 7 nitrogen and oxygen atoms in total. The molecule has 0 bridgehead atoms. The summed E-state index contributed by atoms with van der Waals surface area (Å²) in [6, 6.07) is 6.74. The van der Waals surface area contributed by atoms with Crippen LogP contribution in [0.2, 0.25) is 0 Å². The van der Waals surface area contributed by atoms with E-state index in [-0.39, 0.29) is 11.8 Å². The van der Waals surface area contributed by atoms with Gasteiger partial charge >= 0.3 is 0 Å². The molecule has 136 valence electrons. The number of carbonyl (C=O) groups excluding carboxylic acids is 2. The summed E-state index contributed by atoms with van der Waals surface area (Å²) in [5.41, 5.74) is 1.18. The third-order valence-electron chi connectivity index (χ3n) is 4.46. The third-order valence-corrected chi connectivity index (χ3v) is 6.38. The maximum atomic E-state index is 12.6. The number of hydrogen-bond donors (Lipinski definition) is 1. The van der Waals surface area contributed by atoms with Crippen LogP contribution in [0.15, 0.2) is 36.9 Å². The predicted octanol–water partition coefficient (Wildman–Crippen LogP) is 0.989. The van der Waals surface area contributed by atoms with Crippen molar-refractivity contribution in [1.29, 1.82) is 0 Å². The van der Waals surface area contributed by atoms with Crippen LogP contribution < -0.4 is 9.62 Å². The zero-order valence-corrected chi connectivity index (χ0v) is 15.3. The van der Waals surface area contributed by atoms with Gasteiger partial charge in [0.2, 0.25) is 15.9 Å². The van der Waals surface area contributed by atoms with Gasteiger partial charge < -0.3 is 9.80 Å². The van der Waals surface area contributed by atoms with Crippen molar-refractivity contribution in [3.63, 3.8) is 0 Å². The van der Waals surface area contributed by atoms with Crippen LogP contribution in [0.25, 0.3) is 0 Å². The van der Waals surface area contributed by atoms with Gasteiger partial charge in [0.25, 0.3) is 5.91 Å². The summed E-state index contributed by atoms with van der Waals surface area (Å²) < 4.78 is 26.0. The summed E-state index contributed by atoms with van der Waals surface area (Å²) in [5.74, 6) is -0.364. The summed E-state index contributed by atoms with van der Waals surface area (Å²) in [6.45, 7) is 4.25. The minimum Gasteiger partial charge on any atom is -0.339 e. The molecule has 1 N–H and O–H groups in total. The molecular formula is C17H23N3O4S. The summed E-state index contributed by atoms with van der Waals surface area (Å²) in [7, 11) is -0.256. The number of benzene rings is 1. The number of nitrogens with zero attached hydrogens (tertiary/aromatic N) is 2. The molecule has 1 aliphatic heterocycles. The van der Waals surface area contributed by atoms with E-state index in [9.17, 15) is 18.0 Å². The van der Waals surface area contributed by atoms with Gasteiger partial charge in [0.1, 0.15) is 0 Å². The van der Waals surface area contributed by atoms with E-state index in [0.717, 1.165) is 0 Å². The van der Waals surface area contributed by atoms with Gasteiger partial charge in [-0.25, -0.2) is 13.1 Å². The molecule has 1 aromatic carbocycles. The van der Waals surface area contributed by atoms with Crippen molar-refractivity contribution >= 4 is 27.5 Å². The summed E-state index contributed by atoms with van der Waals surface area (Å²) in [6.07, 6.45) is 2.07. The van der Waals surface area contributed by atoms with Crippen LogP contribution in [0, 0.1) is 0 Å². The SMILES string of the molecule is C=CC(=O)N(C)c1ccc(C(=O)N2CCC(S(=O)(=O)NC)CC2)cc1. The highest BCUT2D eigenvalue weighted by Gasteiger charge is 2.30. The molecule has 1 fully saturated rings. The number of hydrogen-bond acceptors (Lipinski definition) is 4. The summed E-state index contributed by atoms with van der Waals surface area (Å²) in [5, 5.41) is -0.456. The fraction of sp³-hybridized carbons (Fsp3) is 0.412. The van der Waals surface area contributed by atoms with Gasteiger partial charge in [0.05, 0.1) is 5.25 Å². The van der Waals surface area contributed by atoms with E-state index >= 15 is 0 Å². The number of likely N-dealkylation sites (tertiary alicyclic amines) is 1. The lowest BCUT2D eigenvalue weighted by molar-refractivity contribution is -0.113. The minimum absolute atomic E-state index is 0.135. The van der Waals surface area contributed by atoms with Crippen molar-refractivity contribution in [2.45, 2.75) is 18.1 Å². The number of nitrogens with one attached hydrogen (secondary N) is 1. The average Bonchev–Trinajstić information content (AvgIpc) is 2.66. The molecule has 1 aromatic rings. The van der Waals surface area contributed by atoms with Gasteiger partial charge in [-0.3, -0.25) is 9.59 Å². The largest absolute Gasteiger partial charge is 0.339 e. The van der Waals surface area contributed by atoms with Crippen molar-refractivity contribution in [3.8, 4) is 0 Å². The van der Waals surface area contributed by atoms with Crippen LogP contribution in [-0.2, 0) is 14.8 Å². The van der Waals surface area contributed by atoms with E-state index in [1.165, 1.54) is 18.0 Å². The van der Waals surface area contributed by atoms with E-state index in [0.29, 0.717) is 37.2 Å².